The number of halogens is 2. The first-order chi connectivity index (χ1) is 8.70. The lowest BCUT2D eigenvalue weighted by Crippen LogP contribution is -2.45. The van der Waals surface area contributed by atoms with Crippen LogP contribution in [-0.4, -0.2) is 24.6 Å². The summed E-state index contributed by atoms with van der Waals surface area (Å²) in [5.74, 6) is 0. The van der Waals surface area contributed by atoms with Crippen LogP contribution in [-0.2, 0) is 0 Å². The molecule has 0 aliphatic carbocycles. The van der Waals surface area contributed by atoms with Gasteiger partial charge in [-0.3, -0.25) is 0 Å². The highest BCUT2D eigenvalue weighted by Gasteiger charge is 2.18. The van der Waals surface area contributed by atoms with Crippen molar-refractivity contribution in [1.82, 2.24) is 10.4 Å². The predicted molar refractivity (Wildman–Crippen MR) is 79.5 cm³/mol. The zero-order valence-electron chi connectivity index (χ0n) is 10.3. The van der Waals surface area contributed by atoms with Gasteiger partial charge in [0.2, 0.25) is 0 Å². The molecule has 1 aromatic carbocycles. The van der Waals surface area contributed by atoms with E-state index in [1.807, 2.05) is 18.2 Å². The second-order valence-electron chi connectivity index (χ2n) is 4.63. The van der Waals surface area contributed by atoms with Gasteiger partial charge in [0, 0.05) is 29.1 Å². The minimum atomic E-state index is 0.0868. The fraction of sp³-hybridized carbons (Fsp3) is 0.538. The molecular formula is C13H19BrClN3. The van der Waals surface area contributed by atoms with Gasteiger partial charge in [-0.2, -0.15) is 0 Å². The molecule has 1 aliphatic rings. The first-order valence-corrected chi connectivity index (χ1v) is 7.54. The third kappa shape index (κ3) is 3.68. The Morgan fingerprint density at radius 3 is 2.67 bits per heavy atom. The van der Waals surface area contributed by atoms with Gasteiger partial charge in [-0.25, -0.2) is 10.4 Å². The Balaban J connectivity index is 2.07. The van der Waals surface area contributed by atoms with Crippen LogP contribution < -0.4 is 11.2 Å². The number of hydrazine groups is 1. The first-order valence-electron chi connectivity index (χ1n) is 6.37. The molecule has 1 fully saturated rings. The van der Waals surface area contributed by atoms with E-state index in [0.717, 1.165) is 28.1 Å². The molecule has 3 N–H and O–H groups in total. The van der Waals surface area contributed by atoms with Gasteiger partial charge in [0.15, 0.2) is 0 Å². The fourth-order valence-corrected chi connectivity index (χ4v) is 3.08. The molecule has 3 nitrogen and oxygen atoms in total. The van der Waals surface area contributed by atoms with Gasteiger partial charge in [-0.1, -0.05) is 40.0 Å². The third-order valence-electron chi connectivity index (χ3n) is 3.27. The average molecular weight is 333 g/mol. The number of nitrogens with two attached hydrogens (primary N) is 1. The van der Waals surface area contributed by atoms with E-state index >= 15 is 0 Å². The minimum absolute atomic E-state index is 0.0868. The minimum Gasteiger partial charge on any atom is -0.329 e. The molecule has 1 atom stereocenters. The van der Waals surface area contributed by atoms with Crippen LogP contribution in [0.1, 0.15) is 30.9 Å². The highest BCUT2D eigenvalue weighted by Crippen LogP contribution is 2.26. The van der Waals surface area contributed by atoms with Crippen molar-refractivity contribution in [1.29, 1.82) is 0 Å². The van der Waals surface area contributed by atoms with Crippen LogP contribution in [0.3, 0.4) is 0 Å². The molecule has 1 saturated heterocycles. The van der Waals surface area contributed by atoms with Crippen LogP contribution in [0.5, 0.6) is 0 Å². The summed E-state index contributed by atoms with van der Waals surface area (Å²) in [7, 11) is 0. The van der Waals surface area contributed by atoms with E-state index in [4.69, 9.17) is 17.3 Å². The number of rotatable bonds is 4. The van der Waals surface area contributed by atoms with Crippen molar-refractivity contribution in [3.63, 3.8) is 0 Å². The van der Waals surface area contributed by atoms with E-state index in [1.54, 1.807) is 0 Å². The molecule has 100 valence electrons. The first kappa shape index (κ1) is 14.3. The number of piperidine rings is 1. The van der Waals surface area contributed by atoms with Crippen LogP contribution >= 0.6 is 27.5 Å². The highest BCUT2D eigenvalue weighted by atomic mass is 79.9. The number of benzene rings is 1. The lowest BCUT2D eigenvalue weighted by atomic mass is 10.1. The van der Waals surface area contributed by atoms with Crippen molar-refractivity contribution in [2.24, 2.45) is 5.73 Å². The predicted octanol–water partition coefficient (Wildman–Crippen LogP) is 3.09. The topological polar surface area (TPSA) is 41.3 Å². The number of hydrogen-bond donors (Lipinski definition) is 2. The summed E-state index contributed by atoms with van der Waals surface area (Å²) >= 11 is 9.70. The Morgan fingerprint density at radius 1 is 1.33 bits per heavy atom. The Hall–Kier alpha value is -0.130. The SMILES string of the molecule is NCC(NN1CCCCC1)c1ccc(Br)cc1Cl. The van der Waals surface area contributed by atoms with E-state index in [0.29, 0.717) is 6.54 Å². The van der Waals surface area contributed by atoms with Gasteiger partial charge in [-0.15, -0.1) is 0 Å². The standard InChI is InChI=1S/C13H19BrClN3/c14-10-4-5-11(12(15)8-10)13(9-16)17-18-6-2-1-3-7-18/h4-5,8,13,17H,1-3,6-7,9,16H2. The fourth-order valence-electron chi connectivity index (χ4n) is 2.28. The van der Waals surface area contributed by atoms with Gasteiger partial charge in [-0.05, 0) is 30.5 Å². The van der Waals surface area contributed by atoms with Gasteiger partial charge in [0.1, 0.15) is 0 Å². The largest absolute Gasteiger partial charge is 0.329 e. The second kappa shape index (κ2) is 6.87. The van der Waals surface area contributed by atoms with Crippen LogP contribution in [0.4, 0.5) is 0 Å². The van der Waals surface area contributed by atoms with Gasteiger partial charge in [0.25, 0.3) is 0 Å². The lowest BCUT2D eigenvalue weighted by Gasteiger charge is -2.31. The second-order valence-corrected chi connectivity index (χ2v) is 5.95. The quantitative estimate of drug-likeness (QED) is 0.890. The summed E-state index contributed by atoms with van der Waals surface area (Å²) in [6.07, 6.45) is 3.82. The monoisotopic (exact) mass is 331 g/mol. The Bertz CT molecular complexity index is 394. The third-order valence-corrected chi connectivity index (χ3v) is 4.09. The van der Waals surface area contributed by atoms with Crippen molar-refractivity contribution in [3.8, 4) is 0 Å². The summed E-state index contributed by atoms with van der Waals surface area (Å²) in [5.41, 5.74) is 10.4. The normalized spacial score (nSPS) is 18.8. The summed E-state index contributed by atoms with van der Waals surface area (Å²) in [6.45, 7) is 2.72. The molecule has 2 rings (SSSR count). The molecule has 5 heteroatoms. The Kier molecular flexibility index (Phi) is 5.45. The summed E-state index contributed by atoms with van der Waals surface area (Å²) in [4.78, 5) is 0. The van der Waals surface area contributed by atoms with E-state index in [9.17, 15) is 0 Å². The van der Waals surface area contributed by atoms with Crippen LogP contribution in [0, 0.1) is 0 Å². The molecule has 0 aromatic heterocycles. The van der Waals surface area contributed by atoms with Gasteiger partial charge in [0.05, 0.1) is 6.04 Å². The zero-order valence-corrected chi connectivity index (χ0v) is 12.7. The van der Waals surface area contributed by atoms with Crippen molar-refractivity contribution < 1.29 is 0 Å². The van der Waals surface area contributed by atoms with Crippen molar-refractivity contribution >= 4 is 27.5 Å². The Morgan fingerprint density at radius 2 is 2.06 bits per heavy atom. The maximum absolute atomic E-state index is 6.28. The van der Waals surface area contributed by atoms with Crippen molar-refractivity contribution in [2.45, 2.75) is 25.3 Å². The number of nitrogens with zero attached hydrogens (tertiary/aromatic N) is 1. The molecule has 18 heavy (non-hydrogen) atoms. The summed E-state index contributed by atoms with van der Waals surface area (Å²) in [5, 5.41) is 3.02. The molecule has 0 radical (unpaired) electrons. The number of nitrogens with one attached hydrogen (secondary N) is 1. The van der Waals surface area contributed by atoms with Gasteiger partial charge < -0.3 is 5.73 Å². The molecule has 1 aliphatic heterocycles. The van der Waals surface area contributed by atoms with Crippen LogP contribution in [0.2, 0.25) is 5.02 Å². The summed E-state index contributed by atoms with van der Waals surface area (Å²) in [6, 6.07) is 6.03. The maximum atomic E-state index is 6.28. The molecule has 1 aromatic rings. The summed E-state index contributed by atoms with van der Waals surface area (Å²) < 4.78 is 0.991. The van der Waals surface area contributed by atoms with Gasteiger partial charge >= 0.3 is 0 Å². The van der Waals surface area contributed by atoms with Crippen molar-refractivity contribution in [3.05, 3.63) is 33.3 Å². The average Bonchev–Trinajstić information content (AvgIpc) is 2.38. The molecule has 1 unspecified atom stereocenters. The highest BCUT2D eigenvalue weighted by molar-refractivity contribution is 9.10. The van der Waals surface area contributed by atoms with E-state index < -0.39 is 0 Å². The van der Waals surface area contributed by atoms with Crippen LogP contribution in [0.15, 0.2) is 22.7 Å². The van der Waals surface area contributed by atoms with E-state index in [-0.39, 0.29) is 6.04 Å². The molecule has 0 bridgehead atoms. The van der Waals surface area contributed by atoms with Crippen LogP contribution in [0.25, 0.3) is 0 Å². The molecule has 1 heterocycles. The zero-order chi connectivity index (χ0) is 13.0. The molecule has 0 saturated carbocycles. The smallest absolute Gasteiger partial charge is 0.0601 e. The lowest BCUT2D eigenvalue weighted by molar-refractivity contribution is 0.130. The van der Waals surface area contributed by atoms with E-state index in [1.165, 1.54) is 19.3 Å². The molecule has 0 amide bonds. The molecule has 0 spiro atoms. The van der Waals surface area contributed by atoms with E-state index in [2.05, 4.69) is 26.4 Å². The van der Waals surface area contributed by atoms with Crippen molar-refractivity contribution in [2.75, 3.05) is 19.6 Å². The Labute approximate surface area is 122 Å². The maximum Gasteiger partial charge on any atom is 0.0601 e. The number of hydrogen-bond acceptors (Lipinski definition) is 3. The molecular weight excluding hydrogens is 314 g/mol.